The molecule has 40 heavy (non-hydrogen) atoms. The summed E-state index contributed by atoms with van der Waals surface area (Å²) in [5.41, 5.74) is 2.34. The number of ketones is 4. The van der Waals surface area contributed by atoms with Gasteiger partial charge in [-0.1, -0.05) is 6.92 Å². The number of aliphatic hydroxyl groups is 1. The summed E-state index contributed by atoms with van der Waals surface area (Å²) in [6.07, 6.45) is 0.550. The van der Waals surface area contributed by atoms with E-state index in [0.717, 1.165) is 6.42 Å². The van der Waals surface area contributed by atoms with E-state index in [1.165, 1.54) is 25.1 Å². The van der Waals surface area contributed by atoms with Gasteiger partial charge in [-0.2, -0.15) is 0 Å². The lowest BCUT2D eigenvalue weighted by Crippen LogP contribution is -2.74. The topological polar surface area (TPSA) is 168 Å². The van der Waals surface area contributed by atoms with Crippen LogP contribution in [0.2, 0.25) is 0 Å². The van der Waals surface area contributed by atoms with Gasteiger partial charge in [0, 0.05) is 36.2 Å². The molecule has 2 unspecified atom stereocenters. The van der Waals surface area contributed by atoms with E-state index in [1.807, 2.05) is 11.8 Å². The Labute approximate surface area is 230 Å². The Balaban J connectivity index is 1.55. The lowest BCUT2D eigenvalue weighted by molar-refractivity contribution is -0.181. The van der Waals surface area contributed by atoms with E-state index in [-0.39, 0.29) is 42.1 Å². The minimum atomic E-state index is -2.81. The fourth-order valence-electron chi connectivity index (χ4n) is 7.35. The number of nitrogens with two attached hydrogens (primary N) is 1. The van der Waals surface area contributed by atoms with Gasteiger partial charge in [-0.05, 0) is 51.9 Å². The zero-order chi connectivity index (χ0) is 29.3. The summed E-state index contributed by atoms with van der Waals surface area (Å²) in [5, 5.41) is 22.5. The van der Waals surface area contributed by atoms with E-state index in [1.54, 1.807) is 0 Å². The van der Waals surface area contributed by atoms with Crippen LogP contribution in [0.25, 0.3) is 0 Å². The number of likely N-dealkylation sites (N-methyl/N-ethyl adjacent to an activating group) is 2. The zero-order valence-electron chi connectivity index (χ0n) is 22.7. The number of primary amides is 1. The molecule has 4 aliphatic rings. The number of Topliss-reactive ketones (excluding diaryl/α,β-unsaturated/α-hetero) is 4. The summed E-state index contributed by atoms with van der Waals surface area (Å²) in [5.74, 6) is -12.3. The number of ether oxygens (including phenoxy) is 1. The Morgan fingerprint density at radius 3 is 2.50 bits per heavy atom. The van der Waals surface area contributed by atoms with Crippen molar-refractivity contribution in [1.29, 1.82) is 0 Å². The van der Waals surface area contributed by atoms with E-state index in [0.29, 0.717) is 19.8 Å². The Morgan fingerprint density at radius 1 is 1.23 bits per heavy atom. The van der Waals surface area contributed by atoms with Gasteiger partial charge in [-0.25, -0.2) is 4.39 Å². The molecule has 0 spiro atoms. The average Bonchev–Trinajstić information content (AvgIpc) is 3.41. The van der Waals surface area contributed by atoms with Crippen molar-refractivity contribution < 1.29 is 43.3 Å². The largest absolute Gasteiger partial charge is 0.507 e. The summed E-state index contributed by atoms with van der Waals surface area (Å²) in [6, 6.07) is 0.0689. The normalized spacial score (nSPS) is 33.8. The summed E-state index contributed by atoms with van der Waals surface area (Å²) in [4.78, 5) is 69.5. The highest BCUT2D eigenvalue weighted by Gasteiger charge is 2.69. The minimum Gasteiger partial charge on any atom is -0.507 e. The summed E-state index contributed by atoms with van der Waals surface area (Å²) >= 11 is 0. The predicted molar refractivity (Wildman–Crippen MR) is 137 cm³/mol. The van der Waals surface area contributed by atoms with Crippen LogP contribution in [-0.2, 0) is 36.9 Å². The molecule has 7 atom stereocenters. The van der Waals surface area contributed by atoms with Gasteiger partial charge in [0.15, 0.2) is 34.7 Å². The SMILES string of the molecule is CCN(Cc1cc(O)c2c(c1F)C[C@H]1C[C@H]3[C@H](N(C)C)C(=O)C(C(N)=O)C(=O)[C@@]3(O)C(=O)C1C2=O)[C@@H]1CCOC1. The van der Waals surface area contributed by atoms with Crippen molar-refractivity contribution in [3.05, 3.63) is 28.6 Å². The van der Waals surface area contributed by atoms with Crippen molar-refractivity contribution in [2.45, 2.75) is 50.4 Å². The number of carbonyl (C=O) groups excluding carboxylic acids is 5. The molecular weight excluding hydrogens is 525 g/mol. The standard InChI is InChI=1S/C28H34FN3O8/c1-4-32(14-5-6-40-11-14)10-13-9-17(33)19-15(21(13)29)7-12-8-16-22(31(2)3)24(35)20(27(30)38)26(37)28(16,39)25(36)18(12)23(19)34/h9,12,14,16,18,20,22,33,39H,4-8,10-11H2,1-3H3,(H2,30,38)/t12-,14+,16-,18?,20?,22-,28-/m0/s1. The molecule has 4 N–H and O–H groups in total. The van der Waals surface area contributed by atoms with Crippen molar-refractivity contribution in [3.8, 4) is 5.75 Å². The Kier molecular flexibility index (Phi) is 7.18. The highest BCUT2D eigenvalue weighted by atomic mass is 19.1. The molecule has 3 aliphatic carbocycles. The van der Waals surface area contributed by atoms with Crippen molar-refractivity contribution in [3.63, 3.8) is 0 Å². The highest BCUT2D eigenvalue weighted by Crippen LogP contribution is 2.51. The molecule has 1 amide bonds. The first-order valence-corrected chi connectivity index (χ1v) is 13.5. The molecule has 0 bridgehead atoms. The smallest absolute Gasteiger partial charge is 0.235 e. The van der Waals surface area contributed by atoms with Gasteiger partial charge in [0.2, 0.25) is 5.91 Å². The highest BCUT2D eigenvalue weighted by molar-refractivity contribution is 6.32. The van der Waals surface area contributed by atoms with Crippen LogP contribution >= 0.6 is 0 Å². The maximum atomic E-state index is 16.0. The Morgan fingerprint density at radius 2 is 1.93 bits per heavy atom. The number of hydrogen-bond acceptors (Lipinski definition) is 10. The summed E-state index contributed by atoms with van der Waals surface area (Å²) in [7, 11) is 3.02. The predicted octanol–water partition coefficient (Wildman–Crippen LogP) is -0.383. The molecule has 1 aromatic carbocycles. The van der Waals surface area contributed by atoms with Crippen LogP contribution in [0.5, 0.6) is 5.75 Å². The van der Waals surface area contributed by atoms with E-state index < -0.39 is 75.9 Å². The van der Waals surface area contributed by atoms with Gasteiger partial charge in [0.25, 0.3) is 0 Å². The molecule has 216 valence electrons. The second-order valence-electron chi connectivity index (χ2n) is 11.6. The first-order chi connectivity index (χ1) is 18.8. The molecule has 11 nitrogen and oxygen atoms in total. The number of phenolic OH excluding ortho intramolecular Hbond substituents is 1. The molecule has 5 rings (SSSR count). The first kappa shape index (κ1) is 28.5. The number of phenols is 1. The molecule has 12 heteroatoms. The third-order valence-electron chi connectivity index (χ3n) is 9.27. The average molecular weight is 560 g/mol. The summed E-state index contributed by atoms with van der Waals surface area (Å²) < 4.78 is 21.5. The lowest BCUT2D eigenvalue weighted by Gasteiger charge is -2.52. The van der Waals surface area contributed by atoms with Crippen molar-refractivity contribution in [2.75, 3.05) is 33.9 Å². The van der Waals surface area contributed by atoms with Crippen molar-refractivity contribution >= 4 is 29.0 Å². The van der Waals surface area contributed by atoms with Crippen LogP contribution in [-0.4, -0.2) is 101 Å². The van der Waals surface area contributed by atoms with Gasteiger partial charge in [-0.3, -0.25) is 33.8 Å². The number of rotatable bonds is 6. The second-order valence-corrected chi connectivity index (χ2v) is 11.6. The summed E-state index contributed by atoms with van der Waals surface area (Å²) in [6.45, 7) is 3.86. The van der Waals surface area contributed by atoms with Gasteiger partial charge < -0.3 is 20.7 Å². The number of amides is 1. The third kappa shape index (κ3) is 4.03. The molecular formula is C28H34FN3O8. The van der Waals surface area contributed by atoms with Crippen LogP contribution in [0, 0.1) is 29.5 Å². The van der Waals surface area contributed by atoms with Gasteiger partial charge in [0.05, 0.1) is 24.1 Å². The van der Waals surface area contributed by atoms with Crippen LogP contribution in [0.15, 0.2) is 6.07 Å². The molecule has 1 aromatic rings. The number of aromatic hydroxyl groups is 1. The number of fused-ring (bicyclic) bond motifs is 3. The van der Waals surface area contributed by atoms with E-state index in [4.69, 9.17) is 10.5 Å². The fraction of sp³-hybridized carbons (Fsp3) is 0.607. The van der Waals surface area contributed by atoms with E-state index >= 15 is 4.39 Å². The number of nitrogens with zero attached hydrogens (tertiary/aromatic N) is 2. The second kappa shape index (κ2) is 10.1. The van der Waals surface area contributed by atoms with E-state index in [2.05, 4.69) is 0 Å². The van der Waals surface area contributed by atoms with Gasteiger partial charge in [0.1, 0.15) is 11.6 Å². The third-order valence-corrected chi connectivity index (χ3v) is 9.27. The Bertz CT molecular complexity index is 1310. The molecule has 0 aromatic heterocycles. The minimum absolute atomic E-state index is 0.0249. The van der Waals surface area contributed by atoms with Crippen molar-refractivity contribution in [2.24, 2.45) is 29.4 Å². The van der Waals surface area contributed by atoms with Gasteiger partial charge >= 0.3 is 0 Å². The molecule has 1 aliphatic heterocycles. The lowest BCUT2D eigenvalue weighted by atomic mass is 9.52. The molecule has 1 saturated heterocycles. The quantitative estimate of drug-likeness (QED) is 0.391. The maximum absolute atomic E-state index is 16.0. The van der Waals surface area contributed by atoms with Gasteiger partial charge in [-0.15, -0.1) is 0 Å². The maximum Gasteiger partial charge on any atom is 0.235 e. The van der Waals surface area contributed by atoms with Crippen molar-refractivity contribution in [1.82, 2.24) is 9.80 Å². The monoisotopic (exact) mass is 559 g/mol. The van der Waals surface area contributed by atoms with Crippen LogP contribution in [0.1, 0.15) is 41.3 Å². The first-order valence-electron chi connectivity index (χ1n) is 13.5. The Hall–Kier alpha value is -3.06. The molecule has 0 radical (unpaired) electrons. The fourth-order valence-corrected chi connectivity index (χ4v) is 7.35. The zero-order valence-corrected chi connectivity index (χ0v) is 22.7. The number of benzene rings is 1. The number of hydrogen-bond donors (Lipinski definition) is 3. The number of carbonyl (C=O) groups is 5. The molecule has 2 saturated carbocycles. The molecule has 3 fully saturated rings. The van der Waals surface area contributed by atoms with Crippen LogP contribution in [0.3, 0.4) is 0 Å². The number of halogens is 1. The molecule has 1 heterocycles. The van der Waals surface area contributed by atoms with Crippen LogP contribution < -0.4 is 5.73 Å². The van der Waals surface area contributed by atoms with Crippen LogP contribution in [0.4, 0.5) is 4.39 Å². The van der Waals surface area contributed by atoms with E-state index in [9.17, 15) is 34.2 Å².